The van der Waals surface area contributed by atoms with Crippen LogP contribution in [0.5, 0.6) is 0 Å². The topological polar surface area (TPSA) is 101 Å². The number of carboxylic acid groups (broad SMARTS) is 1. The summed E-state index contributed by atoms with van der Waals surface area (Å²) in [6.07, 6.45) is 0.117. The van der Waals surface area contributed by atoms with Crippen molar-refractivity contribution in [1.29, 1.82) is 0 Å². The van der Waals surface area contributed by atoms with Crippen molar-refractivity contribution in [3.63, 3.8) is 0 Å². The van der Waals surface area contributed by atoms with E-state index in [1.807, 2.05) is 13.8 Å². The van der Waals surface area contributed by atoms with E-state index in [9.17, 15) is 14.4 Å². The fraction of sp³-hybridized carbons (Fsp3) is 0.500. The van der Waals surface area contributed by atoms with Crippen molar-refractivity contribution < 1.29 is 19.5 Å². The first-order valence-corrected chi connectivity index (χ1v) is 8.16. The molecule has 0 spiro atoms. The maximum atomic E-state index is 12.9. The molecule has 0 aliphatic heterocycles. The van der Waals surface area contributed by atoms with Crippen LogP contribution in [0, 0.1) is 11.8 Å². The molecule has 0 aromatic heterocycles. The third-order valence-electron chi connectivity index (χ3n) is 3.99. The van der Waals surface area contributed by atoms with Gasteiger partial charge >= 0.3 is 5.97 Å². The highest BCUT2D eigenvalue weighted by Crippen LogP contribution is 2.22. The van der Waals surface area contributed by atoms with Gasteiger partial charge in [-0.15, -0.1) is 0 Å². The highest BCUT2D eigenvalue weighted by atomic mass is 16.4. The van der Waals surface area contributed by atoms with Crippen LogP contribution < -0.4 is 10.6 Å². The van der Waals surface area contributed by atoms with Crippen LogP contribution in [0.3, 0.4) is 0 Å². The summed E-state index contributed by atoms with van der Waals surface area (Å²) in [6.45, 7) is 5.47. The monoisotopic (exact) mass is 334 g/mol. The number of para-hydroxylation sites is 1. The van der Waals surface area contributed by atoms with Gasteiger partial charge in [0.1, 0.15) is 5.78 Å². The fourth-order valence-corrected chi connectivity index (χ4v) is 2.74. The number of rotatable bonds is 9. The molecular formula is C18H26N2O4. The van der Waals surface area contributed by atoms with Gasteiger partial charge in [-0.25, -0.2) is 0 Å². The summed E-state index contributed by atoms with van der Waals surface area (Å²) in [4.78, 5) is 37.3. The summed E-state index contributed by atoms with van der Waals surface area (Å²) in [5, 5.41) is 8.93. The first-order chi connectivity index (χ1) is 11.3. The predicted octanol–water partition coefficient (Wildman–Crippen LogP) is 2.07. The lowest BCUT2D eigenvalue weighted by Gasteiger charge is -2.30. The molecule has 0 bridgehead atoms. The highest BCUT2D eigenvalue weighted by molar-refractivity contribution is 6.00. The smallest absolute Gasteiger partial charge is 0.305 e. The zero-order valence-electron chi connectivity index (χ0n) is 14.4. The Morgan fingerprint density at radius 1 is 1.17 bits per heavy atom. The molecule has 0 radical (unpaired) electrons. The molecule has 0 saturated heterocycles. The molecule has 0 heterocycles. The quantitative estimate of drug-likeness (QED) is 0.720. The number of benzene rings is 1. The summed E-state index contributed by atoms with van der Waals surface area (Å²) in [5.41, 5.74) is 6.70. The lowest BCUT2D eigenvalue weighted by atomic mass is 9.83. The third-order valence-corrected chi connectivity index (χ3v) is 3.99. The van der Waals surface area contributed by atoms with Crippen molar-refractivity contribution in [2.75, 3.05) is 11.4 Å². The van der Waals surface area contributed by atoms with Crippen LogP contribution in [0.4, 0.5) is 5.69 Å². The Morgan fingerprint density at radius 3 is 2.21 bits per heavy atom. The van der Waals surface area contributed by atoms with Crippen LogP contribution in [0.2, 0.25) is 0 Å². The van der Waals surface area contributed by atoms with E-state index in [2.05, 4.69) is 0 Å². The Bertz CT molecular complexity index is 572. The standard InChI is InChI=1S/C18H26N2O4/c1-4-14(21)16(12(2)3)17(19)18(24)20(11-10-15(22)23)13-8-6-5-7-9-13/h5-9,12,16-17H,4,10-11,19H2,1-3H3,(H,22,23). The van der Waals surface area contributed by atoms with E-state index in [-0.39, 0.29) is 24.7 Å². The number of carboxylic acids is 1. The van der Waals surface area contributed by atoms with Crippen molar-refractivity contribution >= 4 is 23.3 Å². The largest absolute Gasteiger partial charge is 0.481 e. The second-order valence-corrected chi connectivity index (χ2v) is 6.08. The van der Waals surface area contributed by atoms with Gasteiger partial charge in [0, 0.05) is 24.6 Å². The molecular weight excluding hydrogens is 308 g/mol. The molecule has 2 atom stereocenters. The normalized spacial score (nSPS) is 13.4. The maximum Gasteiger partial charge on any atom is 0.305 e. The van der Waals surface area contributed by atoms with Crippen LogP contribution in [-0.2, 0) is 14.4 Å². The minimum Gasteiger partial charge on any atom is -0.481 e. The lowest BCUT2D eigenvalue weighted by molar-refractivity contribution is -0.137. The molecule has 0 aliphatic rings. The van der Waals surface area contributed by atoms with Crippen LogP contribution in [-0.4, -0.2) is 35.4 Å². The molecule has 0 fully saturated rings. The Morgan fingerprint density at radius 2 is 1.75 bits per heavy atom. The molecule has 6 heteroatoms. The van der Waals surface area contributed by atoms with Crippen LogP contribution in [0.25, 0.3) is 0 Å². The zero-order valence-corrected chi connectivity index (χ0v) is 14.4. The molecule has 1 amide bonds. The van der Waals surface area contributed by atoms with E-state index in [0.29, 0.717) is 12.1 Å². The van der Waals surface area contributed by atoms with Gasteiger partial charge in [0.2, 0.25) is 5.91 Å². The predicted molar refractivity (Wildman–Crippen MR) is 92.6 cm³/mol. The summed E-state index contributed by atoms with van der Waals surface area (Å²) in [7, 11) is 0. The van der Waals surface area contributed by atoms with E-state index >= 15 is 0 Å². The molecule has 132 valence electrons. The number of carbonyl (C=O) groups excluding carboxylic acids is 2. The van der Waals surface area contributed by atoms with Gasteiger partial charge in [-0.2, -0.15) is 0 Å². The Kier molecular flexibility index (Phi) is 7.58. The number of carbonyl (C=O) groups is 3. The molecule has 2 unspecified atom stereocenters. The molecule has 1 aromatic carbocycles. The Balaban J connectivity index is 3.09. The average Bonchev–Trinajstić information content (AvgIpc) is 2.55. The number of hydrogen-bond acceptors (Lipinski definition) is 4. The van der Waals surface area contributed by atoms with Crippen LogP contribution >= 0.6 is 0 Å². The number of aliphatic carboxylic acids is 1. The van der Waals surface area contributed by atoms with Gasteiger partial charge in [-0.1, -0.05) is 39.0 Å². The number of anilines is 1. The van der Waals surface area contributed by atoms with Crippen molar-refractivity contribution in [2.45, 2.75) is 39.7 Å². The van der Waals surface area contributed by atoms with Crippen molar-refractivity contribution in [2.24, 2.45) is 17.6 Å². The number of Topliss-reactive ketones (excluding diaryl/α,β-unsaturated/α-hetero) is 1. The molecule has 0 saturated carbocycles. The summed E-state index contributed by atoms with van der Waals surface area (Å²) < 4.78 is 0. The molecule has 3 N–H and O–H groups in total. The molecule has 1 rings (SSSR count). The first kappa shape index (κ1) is 19.8. The van der Waals surface area contributed by atoms with Gasteiger partial charge in [0.25, 0.3) is 0 Å². The maximum absolute atomic E-state index is 12.9. The minimum absolute atomic E-state index is 0.0109. The van der Waals surface area contributed by atoms with Crippen LogP contribution in [0.15, 0.2) is 30.3 Å². The van der Waals surface area contributed by atoms with Crippen molar-refractivity contribution in [3.05, 3.63) is 30.3 Å². The summed E-state index contributed by atoms with van der Waals surface area (Å²) in [5.74, 6) is -2.14. The van der Waals surface area contributed by atoms with Gasteiger partial charge in [-0.05, 0) is 18.1 Å². The average molecular weight is 334 g/mol. The van der Waals surface area contributed by atoms with Gasteiger partial charge in [0.15, 0.2) is 0 Å². The SMILES string of the molecule is CCC(=O)C(C(C)C)C(N)C(=O)N(CCC(=O)O)c1ccccc1. The van der Waals surface area contributed by atoms with Gasteiger partial charge < -0.3 is 15.7 Å². The van der Waals surface area contributed by atoms with Crippen molar-refractivity contribution in [1.82, 2.24) is 0 Å². The van der Waals surface area contributed by atoms with Crippen LogP contribution in [0.1, 0.15) is 33.6 Å². The zero-order chi connectivity index (χ0) is 18.3. The molecule has 1 aromatic rings. The first-order valence-electron chi connectivity index (χ1n) is 8.16. The van der Waals surface area contributed by atoms with E-state index in [0.717, 1.165) is 0 Å². The number of ketones is 1. The summed E-state index contributed by atoms with van der Waals surface area (Å²) >= 11 is 0. The Hall–Kier alpha value is -2.21. The Labute approximate surface area is 142 Å². The minimum atomic E-state index is -0.998. The second kappa shape index (κ2) is 9.17. The highest BCUT2D eigenvalue weighted by Gasteiger charge is 2.35. The lowest BCUT2D eigenvalue weighted by Crippen LogP contribution is -2.52. The molecule has 6 nitrogen and oxygen atoms in total. The van der Waals surface area contributed by atoms with E-state index in [1.165, 1.54) is 4.90 Å². The van der Waals surface area contributed by atoms with Crippen molar-refractivity contribution in [3.8, 4) is 0 Å². The van der Waals surface area contributed by atoms with Gasteiger partial charge in [0.05, 0.1) is 12.5 Å². The number of nitrogens with two attached hydrogens (primary N) is 1. The number of hydrogen-bond donors (Lipinski definition) is 2. The van der Waals surface area contributed by atoms with E-state index in [1.54, 1.807) is 37.3 Å². The third kappa shape index (κ3) is 5.16. The fourth-order valence-electron chi connectivity index (χ4n) is 2.74. The number of amides is 1. The summed E-state index contributed by atoms with van der Waals surface area (Å²) in [6, 6.07) is 7.78. The van der Waals surface area contributed by atoms with E-state index < -0.39 is 23.8 Å². The van der Waals surface area contributed by atoms with E-state index in [4.69, 9.17) is 10.8 Å². The number of nitrogens with zero attached hydrogens (tertiary/aromatic N) is 1. The second-order valence-electron chi connectivity index (χ2n) is 6.08. The molecule has 24 heavy (non-hydrogen) atoms. The molecule has 0 aliphatic carbocycles. The van der Waals surface area contributed by atoms with Gasteiger partial charge in [-0.3, -0.25) is 14.4 Å².